The second-order valence-electron chi connectivity index (χ2n) is 9.51. The molecule has 0 aliphatic heterocycles. The van der Waals surface area contributed by atoms with E-state index in [1.165, 1.54) is 12.9 Å². The van der Waals surface area contributed by atoms with Crippen molar-refractivity contribution in [3.8, 4) is 0 Å². The summed E-state index contributed by atoms with van der Waals surface area (Å²) in [4.78, 5) is 0.254. The summed E-state index contributed by atoms with van der Waals surface area (Å²) >= 11 is -4.11. The van der Waals surface area contributed by atoms with E-state index in [-0.39, 0.29) is 54.0 Å². The Kier molecular flexibility index (Phi) is 12.5. The summed E-state index contributed by atoms with van der Waals surface area (Å²) in [5.41, 5.74) is 0. The number of hydrogen-bond donors (Lipinski definition) is 0. The summed E-state index contributed by atoms with van der Waals surface area (Å²) in [6, 6.07) is 20.0. The zero-order valence-corrected chi connectivity index (χ0v) is 31.6. The number of nitrogens with zero attached hydrogens (tertiary/aromatic N) is 3. The Hall–Kier alpha value is -1.73. The van der Waals surface area contributed by atoms with Crippen LogP contribution in [0.1, 0.15) is 41.5 Å². The molecule has 3 aromatic carbocycles. The summed E-state index contributed by atoms with van der Waals surface area (Å²) in [7, 11) is -11.9. The molecule has 0 amide bonds. The third kappa shape index (κ3) is 7.08. The summed E-state index contributed by atoms with van der Waals surface area (Å²) in [6.07, 6.45) is 0. The summed E-state index contributed by atoms with van der Waals surface area (Å²) < 4.78 is 89.9. The summed E-state index contributed by atoms with van der Waals surface area (Å²) in [5.74, 6) is 0. The van der Waals surface area contributed by atoms with Crippen LogP contribution in [0, 0.1) is 0 Å². The van der Waals surface area contributed by atoms with Crippen molar-refractivity contribution in [3.63, 3.8) is 0 Å². The Balaban J connectivity index is 2.56. The molecule has 9 nitrogen and oxygen atoms in total. The SMILES string of the molecule is CCN(CC)S(=O)(=O)c1cccc[c]1[Bi]([c]1ccccc1S(=O)(=O)N(CC)CC)[c]1ccccc1S(=O)(=O)N(CC)CC. The van der Waals surface area contributed by atoms with E-state index in [0.717, 1.165) is 0 Å². The second kappa shape index (κ2) is 15.0. The molecule has 13 heteroatoms. The Morgan fingerprint density at radius 3 is 0.837 bits per heavy atom. The number of rotatable bonds is 15. The molecule has 0 aliphatic rings. The third-order valence-electron chi connectivity index (χ3n) is 7.29. The van der Waals surface area contributed by atoms with Gasteiger partial charge in [0.05, 0.1) is 0 Å². The first kappa shape index (κ1) is 35.7. The van der Waals surface area contributed by atoms with Crippen molar-refractivity contribution in [2.45, 2.75) is 56.2 Å². The van der Waals surface area contributed by atoms with Gasteiger partial charge in [-0.1, -0.05) is 0 Å². The molecule has 0 aromatic heterocycles. The Morgan fingerprint density at radius 1 is 0.419 bits per heavy atom. The van der Waals surface area contributed by atoms with Gasteiger partial charge in [-0.3, -0.25) is 0 Å². The van der Waals surface area contributed by atoms with Crippen LogP contribution in [-0.4, -0.2) is 99.2 Å². The Morgan fingerprint density at radius 2 is 0.628 bits per heavy atom. The number of hydrogen-bond acceptors (Lipinski definition) is 6. The third-order valence-corrected chi connectivity index (χ3v) is 25.6. The normalized spacial score (nSPS) is 13.0. The zero-order chi connectivity index (χ0) is 32.0. The minimum atomic E-state index is -4.11. The molecule has 0 fully saturated rings. The Labute approximate surface area is 266 Å². The minimum absolute atomic E-state index is 0.0848. The van der Waals surface area contributed by atoms with Crippen molar-refractivity contribution >= 4 is 61.6 Å². The molecule has 0 heterocycles. The van der Waals surface area contributed by atoms with Gasteiger partial charge in [-0.25, -0.2) is 0 Å². The van der Waals surface area contributed by atoms with E-state index >= 15 is 0 Å². The first-order chi connectivity index (χ1) is 20.4. The second-order valence-corrected chi connectivity index (χ2v) is 23.5. The molecule has 0 aliphatic carbocycles. The van der Waals surface area contributed by atoms with E-state index in [4.69, 9.17) is 0 Å². The zero-order valence-electron chi connectivity index (χ0n) is 25.6. The van der Waals surface area contributed by atoms with Gasteiger partial charge in [0, 0.05) is 0 Å². The van der Waals surface area contributed by atoms with Gasteiger partial charge in [-0.15, -0.1) is 0 Å². The van der Waals surface area contributed by atoms with Crippen LogP contribution >= 0.6 is 0 Å². The predicted molar refractivity (Wildman–Crippen MR) is 174 cm³/mol. The molecule has 0 saturated carbocycles. The summed E-state index contributed by atoms with van der Waals surface area (Å²) in [6.45, 7) is 12.1. The van der Waals surface area contributed by atoms with E-state index in [1.807, 2.05) is 0 Å². The first-order valence-electron chi connectivity index (χ1n) is 14.5. The van der Waals surface area contributed by atoms with Gasteiger partial charge in [-0.2, -0.15) is 0 Å². The molecule has 0 atom stereocenters. The van der Waals surface area contributed by atoms with Crippen LogP contribution in [0.4, 0.5) is 0 Å². The molecular weight excluding hydrogens is 804 g/mol. The van der Waals surface area contributed by atoms with Gasteiger partial charge in [0.25, 0.3) is 0 Å². The molecule has 236 valence electrons. The van der Waals surface area contributed by atoms with Crippen LogP contribution in [0.15, 0.2) is 87.5 Å². The van der Waals surface area contributed by atoms with Crippen molar-refractivity contribution in [2.24, 2.45) is 0 Å². The van der Waals surface area contributed by atoms with Crippen molar-refractivity contribution in [2.75, 3.05) is 39.3 Å². The monoisotopic (exact) mass is 845 g/mol. The molecule has 0 bridgehead atoms. The van der Waals surface area contributed by atoms with Gasteiger partial charge in [0.1, 0.15) is 0 Å². The first-order valence-corrected chi connectivity index (χ1v) is 24.0. The van der Waals surface area contributed by atoms with E-state index in [9.17, 15) is 25.3 Å². The average molecular weight is 846 g/mol. The van der Waals surface area contributed by atoms with Gasteiger partial charge in [0.2, 0.25) is 0 Å². The van der Waals surface area contributed by atoms with Crippen molar-refractivity contribution in [1.82, 2.24) is 12.9 Å². The van der Waals surface area contributed by atoms with Crippen LogP contribution in [0.5, 0.6) is 0 Å². The van der Waals surface area contributed by atoms with Crippen molar-refractivity contribution < 1.29 is 25.3 Å². The molecule has 3 rings (SSSR count). The molecule has 0 saturated heterocycles. The van der Waals surface area contributed by atoms with E-state index in [1.54, 1.807) is 114 Å². The van der Waals surface area contributed by atoms with Gasteiger partial charge >= 0.3 is 268 Å². The fourth-order valence-electron chi connectivity index (χ4n) is 5.08. The van der Waals surface area contributed by atoms with E-state index < -0.39 is 51.8 Å². The van der Waals surface area contributed by atoms with Gasteiger partial charge < -0.3 is 0 Å². The van der Waals surface area contributed by atoms with E-state index in [2.05, 4.69) is 0 Å². The summed E-state index contributed by atoms with van der Waals surface area (Å²) in [5, 5.41) is 0. The maximum atomic E-state index is 14.1. The van der Waals surface area contributed by atoms with Crippen LogP contribution in [0.3, 0.4) is 0 Å². The quantitative estimate of drug-likeness (QED) is 0.218. The molecule has 3 aromatic rings. The molecular formula is C30H42BiN3O6S3. The standard InChI is InChI=1S/3C10H14NO2S.Bi/c3*1-3-11(4-2)14(12,13)10-8-6-5-7-9-10;/h3*5-8H,3-4H2,1-2H3;. The van der Waals surface area contributed by atoms with E-state index in [0.29, 0.717) is 9.81 Å². The molecule has 0 spiro atoms. The fraction of sp³-hybridized carbons (Fsp3) is 0.400. The number of benzene rings is 3. The molecule has 0 unspecified atom stereocenters. The molecule has 43 heavy (non-hydrogen) atoms. The fourth-order valence-corrected chi connectivity index (χ4v) is 25.3. The van der Waals surface area contributed by atoms with Crippen molar-refractivity contribution in [3.05, 3.63) is 72.8 Å². The van der Waals surface area contributed by atoms with Crippen LogP contribution in [0.25, 0.3) is 0 Å². The molecule has 0 radical (unpaired) electrons. The van der Waals surface area contributed by atoms with Crippen molar-refractivity contribution in [1.29, 1.82) is 0 Å². The van der Waals surface area contributed by atoms with Crippen LogP contribution in [0.2, 0.25) is 0 Å². The average Bonchev–Trinajstić information content (AvgIpc) is 2.99. The number of sulfonamides is 3. The van der Waals surface area contributed by atoms with Gasteiger partial charge in [-0.05, 0) is 0 Å². The van der Waals surface area contributed by atoms with Gasteiger partial charge in [0.15, 0.2) is 0 Å². The predicted octanol–water partition coefficient (Wildman–Crippen LogP) is 2.29. The maximum absolute atomic E-state index is 14.1. The topological polar surface area (TPSA) is 112 Å². The van der Waals surface area contributed by atoms with Crippen LogP contribution < -0.4 is 9.81 Å². The van der Waals surface area contributed by atoms with Crippen LogP contribution in [-0.2, 0) is 30.1 Å². The Bertz CT molecular complexity index is 1520. The molecule has 0 N–H and O–H groups in total.